The molecule has 1 saturated heterocycles. The number of anilines is 1. The largest absolute Gasteiger partial charge is 0.384 e. The first-order chi connectivity index (χ1) is 11.8. The van der Waals surface area contributed by atoms with Gasteiger partial charge in [-0.3, -0.25) is 4.79 Å². The van der Waals surface area contributed by atoms with E-state index in [0.29, 0.717) is 36.7 Å². The second-order valence-electron chi connectivity index (χ2n) is 6.82. The Morgan fingerprint density at radius 2 is 1.96 bits per heavy atom. The topological polar surface area (TPSA) is 111 Å². The van der Waals surface area contributed by atoms with Crippen molar-refractivity contribution in [2.75, 3.05) is 25.1 Å². The average molecular weight is 361 g/mol. The summed E-state index contributed by atoms with van der Waals surface area (Å²) in [7, 11) is -3.24. The molecule has 0 spiro atoms. The van der Waals surface area contributed by atoms with Crippen molar-refractivity contribution in [2.45, 2.75) is 18.9 Å². The van der Waals surface area contributed by atoms with E-state index in [4.69, 9.17) is 5.73 Å². The van der Waals surface area contributed by atoms with Gasteiger partial charge in [-0.25, -0.2) is 22.7 Å². The molecule has 4 rings (SSSR count). The lowest BCUT2D eigenvalue weighted by Crippen LogP contribution is -2.48. The van der Waals surface area contributed by atoms with Gasteiger partial charge in [0.15, 0.2) is 0 Å². The standard InChI is InChI=1S/C16H19N5O3S/c1-25(23,24)20-6-10-2-12(8-20)14-3-11(4-16(22)21(14)7-10)13-5-15(17)19-9-18-13/h3-5,9-10,12H,2,6-8H2,1H3,(H2,17,18,19)/t10-,12+/m0/s1. The molecule has 2 N–H and O–H groups in total. The minimum Gasteiger partial charge on any atom is -0.384 e. The van der Waals surface area contributed by atoms with Crippen molar-refractivity contribution in [3.63, 3.8) is 0 Å². The number of hydrogen-bond donors (Lipinski definition) is 1. The molecule has 2 bridgehead atoms. The van der Waals surface area contributed by atoms with Crippen molar-refractivity contribution < 1.29 is 8.42 Å². The molecule has 2 aliphatic rings. The number of hydrogen-bond acceptors (Lipinski definition) is 6. The first-order valence-electron chi connectivity index (χ1n) is 8.09. The van der Waals surface area contributed by atoms with Crippen LogP contribution in [0.15, 0.2) is 29.3 Å². The number of fused-ring (bicyclic) bond motifs is 4. The van der Waals surface area contributed by atoms with Gasteiger partial charge in [0.05, 0.1) is 11.9 Å². The van der Waals surface area contributed by atoms with Gasteiger partial charge >= 0.3 is 0 Å². The summed E-state index contributed by atoms with van der Waals surface area (Å²) in [6, 6.07) is 5.11. The van der Waals surface area contributed by atoms with Gasteiger partial charge in [-0.15, -0.1) is 0 Å². The fourth-order valence-corrected chi connectivity index (χ4v) is 4.80. The zero-order chi connectivity index (χ0) is 17.8. The third kappa shape index (κ3) is 2.93. The molecule has 1 fully saturated rings. The summed E-state index contributed by atoms with van der Waals surface area (Å²) >= 11 is 0. The second kappa shape index (κ2) is 5.63. The zero-order valence-corrected chi connectivity index (χ0v) is 14.6. The van der Waals surface area contributed by atoms with Crippen molar-refractivity contribution in [3.8, 4) is 11.3 Å². The normalized spacial score (nSPS) is 23.2. The van der Waals surface area contributed by atoms with Crippen LogP contribution in [-0.4, -0.2) is 46.6 Å². The molecule has 2 aliphatic heterocycles. The maximum atomic E-state index is 12.6. The smallest absolute Gasteiger partial charge is 0.251 e. The number of sulfonamides is 1. The number of piperidine rings is 1. The summed E-state index contributed by atoms with van der Waals surface area (Å²) < 4.78 is 27.2. The monoisotopic (exact) mass is 361 g/mol. The van der Waals surface area contributed by atoms with Crippen molar-refractivity contribution in [1.82, 2.24) is 18.8 Å². The Morgan fingerprint density at radius 1 is 1.16 bits per heavy atom. The Kier molecular flexibility index (Phi) is 3.66. The van der Waals surface area contributed by atoms with Crippen LogP contribution >= 0.6 is 0 Å². The Bertz CT molecular complexity index is 1000. The van der Waals surface area contributed by atoms with E-state index in [1.807, 2.05) is 6.07 Å². The second-order valence-corrected chi connectivity index (χ2v) is 8.81. The predicted octanol–water partition coefficient (Wildman–Crippen LogP) is 0.266. The summed E-state index contributed by atoms with van der Waals surface area (Å²) in [6.45, 7) is 1.43. The fraction of sp³-hybridized carbons (Fsp3) is 0.438. The first-order valence-corrected chi connectivity index (χ1v) is 9.94. The van der Waals surface area contributed by atoms with Crippen molar-refractivity contribution in [2.24, 2.45) is 5.92 Å². The summed E-state index contributed by atoms with van der Waals surface area (Å²) in [5.41, 5.74) is 7.75. The summed E-state index contributed by atoms with van der Waals surface area (Å²) in [5, 5.41) is 0. The lowest BCUT2D eigenvalue weighted by molar-refractivity contribution is 0.187. The molecule has 0 amide bonds. The molecule has 0 radical (unpaired) electrons. The quantitative estimate of drug-likeness (QED) is 0.822. The van der Waals surface area contributed by atoms with Crippen molar-refractivity contribution in [1.29, 1.82) is 0 Å². The van der Waals surface area contributed by atoms with Crippen LogP contribution in [0.25, 0.3) is 11.3 Å². The van der Waals surface area contributed by atoms with Crippen LogP contribution in [-0.2, 0) is 16.6 Å². The minimum atomic E-state index is -3.24. The molecule has 2 aromatic rings. The lowest BCUT2D eigenvalue weighted by atomic mass is 9.83. The highest BCUT2D eigenvalue weighted by Gasteiger charge is 2.37. The highest BCUT2D eigenvalue weighted by atomic mass is 32.2. The Morgan fingerprint density at radius 3 is 2.68 bits per heavy atom. The molecule has 2 atom stereocenters. The molecule has 0 unspecified atom stereocenters. The molecular formula is C16H19N5O3S. The van der Waals surface area contributed by atoms with Crippen LogP contribution in [0.2, 0.25) is 0 Å². The van der Waals surface area contributed by atoms with Gasteiger partial charge in [-0.2, -0.15) is 0 Å². The SMILES string of the molecule is CS(=O)(=O)N1C[C@@H]2C[C@H](C1)c1cc(-c3cc(N)ncn3)cc(=O)n1C2. The number of nitrogens with two attached hydrogens (primary N) is 1. The average Bonchev–Trinajstić information content (AvgIpc) is 2.54. The molecule has 0 saturated carbocycles. The molecule has 8 nitrogen and oxygen atoms in total. The fourth-order valence-electron chi connectivity index (χ4n) is 3.86. The minimum absolute atomic E-state index is 0.00839. The van der Waals surface area contributed by atoms with E-state index in [0.717, 1.165) is 12.1 Å². The van der Waals surface area contributed by atoms with Crippen LogP contribution in [0.1, 0.15) is 18.0 Å². The third-order valence-electron chi connectivity index (χ3n) is 4.98. The first kappa shape index (κ1) is 16.2. The zero-order valence-electron chi connectivity index (χ0n) is 13.8. The molecule has 132 valence electrons. The lowest BCUT2D eigenvalue weighted by Gasteiger charge is -2.41. The third-order valence-corrected chi connectivity index (χ3v) is 6.21. The van der Waals surface area contributed by atoms with E-state index in [9.17, 15) is 13.2 Å². The van der Waals surface area contributed by atoms with Gasteiger partial charge in [0.25, 0.3) is 5.56 Å². The number of pyridine rings is 1. The number of aromatic nitrogens is 3. The summed E-state index contributed by atoms with van der Waals surface area (Å²) in [5.74, 6) is 0.511. The van der Waals surface area contributed by atoms with Crippen LogP contribution in [0.3, 0.4) is 0 Å². The van der Waals surface area contributed by atoms with Crippen LogP contribution < -0.4 is 11.3 Å². The van der Waals surface area contributed by atoms with Crippen LogP contribution in [0.5, 0.6) is 0 Å². The summed E-state index contributed by atoms with van der Waals surface area (Å²) in [6.07, 6.45) is 3.49. The predicted molar refractivity (Wildman–Crippen MR) is 93.4 cm³/mol. The van der Waals surface area contributed by atoms with Gasteiger partial charge in [-0.05, 0) is 18.4 Å². The van der Waals surface area contributed by atoms with Gasteiger partial charge in [0, 0.05) is 48.9 Å². The summed E-state index contributed by atoms with van der Waals surface area (Å²) in [4.78, 5) is 20.7. The Balaban J connectivity index is 1.79. The van der Waals surface area contributed by atoms with Crippen LogP contribution in [0.4, 0.5) is 5.82 Å². The van der Waals surface area contributed by atoms with E-state index in [1.165, 1.54) is 16.9 Å². The molecule has 4 heterocycles. The Hall–Kier alpha value is -2.26. The van der Waals surface area contributed by atoms with E-state index >= 15 is 0 Å². The van der Waals surface area contributed by atoms with E-state index in [2.05, 4.69) is 9.97 Å². The molecule has 9 heteroatoms. The number of nitrogens with zero attached hydrogens (tertiary/aromatic N) is 4. The maximum absolute atomic E-state index is 12.6. The van der Waals surface area contributed by atoms with Gasteiger partial charge in [0.2, 0.25) is 10.0 Å². The van der Waals surface area contributed by atoms with Gasteiger partial charge in [-0.1, -0.05) is 0 Å². The van der Waals surface area contributed by atoms with E-state index < -0.39 is 10.0 Å². The molecule has 2 aromatic heterocycles. The number of nitrogen functional groups attached to an aromatic ring is 1. The highest BCUT2D eigenvalue weighted by molar-refractivity contribution is 7.88. The Labute approximate surface area is 145 Å². The van der Waals surface area contributed by atoms with Crippen LogP contribution in [0, 0.1) is 5.92 Å². The highest BCUT2D eigenvalue weighted by Crippen LogP contribution is 2.37. The molecule has 25 heavy (non-hydrogen) atoms. The van der Waals surface area contributed by atoms with E-state index in [-0.39, 0.29) is 17.4 Å². The molecule has 0 aromatic carbocycles. The maximum Gasteiger partial charge on any atom is 0.251 e. The molecule has 0 aliphatic carbocycles. The number of rotatable bonds is 2. The van der Waals surface area contributed by atoms with E-state index in [1.54, 1.807) is 16.7 Å². The van der Waals surface area contributed by atoms with Gasteiger partial charge < -0.3 is 10.3 Å². The van der Waals surface area contributed by atoms with Crippen molar-refractivity contribution >= 4 is 15.8 Å². The van der Waals surface area contributed by atoms with Crippen molar-refractivity contribution in [3.05, 3.63) is 40.6 Å². The van der Waals surface area contributed by atoms with Gasteiger partial charge in [0.1, 0.15) is 12.1 Å². The molecular weight excluding hydrogens is 342 g/mol.